The number of carbonyl (C=O) groups excluding carboxylic acids is 1. The van der Waals surface area contributed by atoms with Crippen LogP contribution in [-0.2, 0) is 11.3 Å². The molecule has 1 aromatic carbocycles. The van der Waals surface area contributed by atoms with Crippen molar-refractivity contribution in [3.05, 3.63) is 46.8 Å². The van der Waals surface area contributed by atoms with Gasteiger partial charge in [-0.1, -0.05) is 19.1 Å². The van der Waals surface area contributed by atoms with Crippen molar-refractivity contribution in [2.75, 3.05) is 32.7 Å². The van der Waals surface area contributed by atoms with Crippen molar-refractivity contribution in [3.8, 4) is 0 Å². The predicted molar refractivity (Wildman–Crippen MR) is 86.9 cm³/mol. The summed E-state index contributed by atoms with van der Waals surface area (Å²) < 4.78 is 1.87. The Hall–Kier alpha value is -2.14. The van der Waals surface area contributed by atoms with Crippen LogP contribution >= 0.6 is 0 Å². The maximum absolute atomic E-state index is 12.5. The zero-order valence-electron chi connectivity index (χ0n) is 12.9. The van der Waals surface area contributed by atoms with E-state index in [1.807, 2.05) is 27.7 Å². The molecule has 1 aromatic heterocycles. The Kier molecular flexibility index (Phi) is 4.24. The van der Waals surface area contributed by atoms with Crippen molar-refractivity contribution in [3.63, 3.8) is 0 Å². The standard InChI is InChI=1S/C17H21N3O2/c1-2-18-9-11-19(12-10-18)17(22)13-20-8-7-16(21)14-5-3-4-6-15(14)20/h3-8H,2,9-13H2,1H3. The summed E-state index contributed by atoms with van der Waals surface area (Å²) in [5.74, 6) is 0.115. The number of likely N-dealkylation sites (N-methyl/N-ethyl adjacent to an activating group) is 1. The van der Waals surface area contributed by atoms with Crippen LogP contribution in [-0.4, -0.2) is 53.0 Å². The van der Waals surface area contributed by atoms with E-state index in [0.717, 1.165) is 38.2 Å². The van der Waals surface area contributed by atoms with E-state index in [1.165, 1.54) is 6.07 Å². The van der Waals surface area contributed by atoms with Crippen LogP contribution in [0.3, 0.4) is 0 Å². The number of para-hydroxylation sites is 1. The van der Waals surface area contributed by atoms with Gasteiger partial charge in [-0.05, 0) is 18.7 Å². The molecule has 0 atom stereocenters. The van der Waals surface area contributed by atoms with Crippen LogP contribution < -0.4 is 5.43 Å². The lowest BCUT2D eigenvalue weighted by Gasteiger charge is -2.34. The van der Waals surface area contributed by atoms with Crippen LogP contribution in [0.2, 0.25) is 0 Å². The molecule has 1 fully saturated rings. The van der Waals surface area contributed by atoms with Gasteiger partial charge in [0, 0.05) is 43.8 Å². The van der Waals surface area contributed by atoms with Crippen molar-refractivity contribution in [2.45, 2.75) is 13.5 Å². The van der Waals surface area contributed by atoms with Crippen LogP contribution in [0.4, 0.5) is 0 Å². The van der Waals surface area contributed by atoms with Crippen molar-refractivity contribution >= 4 is 16.8 Å². The molecule has 5 heteroatoms. The number of rotatable bonds is 3. The summed E-state index contributed by atoms with van der Waals surface area (Å²) in [6.45, 7) is 6.90. The fourth-order valence-electron chi connectivity index (χ4n) is 2.96. The fourth-order valence-corrected chi connectivity index (χ4v) is 2.96. The molecule has 1 amide bonds. The SMILES string of the molecule is CCN1CCN(C(=O)Cn2ccc(=O)c3ccccc32)CC1. The van der Waals surface area contributed by atoms with Crippen molar-refractivity contribution in [1.82, 2.24) is 14.4 Å². The summed E-state index contributed by atoms with van der Waals surface area (Å²) >= 11 is 0. The highest BCUT2D eigenvalue weighted by molar-refractivity contribution is 5.82. The number of aromatic nitrogens is 1. The van der Waals surface area contributed by atoms with E-state index in [2.05, 4.69) is 11.8 Å². The monoisotopic (exact) mass is 299 g/mol. The second-order valence-corrected chi connectivity index (χ2v) is 5.64. The molecule has 0 N–H and O–H groups in total. The van der Waals surface area contributed by atoms with Crippen molar-refractivity contribution in [1.29, 1.82) is 0 Å². The normalized spacial score (nSPS) is 16.1. The Labute approximate surface area is 129 Å². The second kappa shape index (κ2) is 6.32. The smallest absolute Gasteiger partial charge is 0.242 e. The number of fused-ring (bicyclic) bond motifs is 1. The summed E-state index contributed by atoms with van der Waals surface area (Å²) in [5.41, 5.74) is 0.811. The summed E-state index contributed by atoms with van der Waals surface area (Å²) in [4.78, 5) is 28.6. The molecule has 0 spiro atoms. The molecule has 0 bridgehead atoms. The number of nitrogens with zero attached hydrogens (tertiary/aromatic N) is 3. The maximum atomic E-state index is 12.5. The maximum Gasteiger partial charge on any atom is 0.242 e. The largest absolute Gasteiger partial charge is 0.339 e. The molecule has 1 saturated heterocycles. The number of carbonyl (C=O) groups is 1. The van der Waals surface area contributed by atoms with E-state index in [4.69, 9.17) is 0 Å². The highest BCUT2D eigenvalue weighted by Gasteiger charge is 2.20. The predicted octanol–water partition coefficient (Wildman–Crippen LogP) is 1.17. The number of piperazine rings is 1. The van der Waals surface area contributed by atoms with E-state index < -0.39 is 0 Å². The molecule has 0 aliphatic carbocycles. The minimum Gasteiger partial charge on any atom is -0.339 e. The minimum atomic E-state index is -0.00383. The molecule has 3 rings (SSSR count). The molecular formula is C17H21N3O2. The van der Waals surface area contributed by atoms with Crippen LogP contribution in [0.25, 0.3) is 10.9 Å². The van der Waals surface area contributed by atoms with Crippen LogP contribution in [0, 0.1) is 0 Å². The third kappa shape index (κ3) is 2.90. The van der Waals surface area contributed by atoms with Crippen LogP contribution in [0.15, 0.2) is 41.3 Å². The quantitative estimate of drug-likeness (QED) is 0.854. The minimum absolute atomic E-state index is 0.00383. The number of amides is 1. The van der Waals surface area contributed by atoms with E-state index >= 15 is 0 Å². The van der Waals surface area contributed by atoms with Crippen molar-refractivity contribution in [2.24, 2.45) is 0 Å². The lowest BCUT2D eigenvalue weighted by molar-refractivity contribution is -0.133. The molecule has 1 aliphatic heterocycles. The fraction of sp³-hybridized carbons (Fsp3) is 0.412. The van der Waals surface area contributed by atoms with Gasteiger partial charge in [0.05, 0.1) is 5.52 Å². The van der Waals surface area contributed by atoms with E-state index in [1.54, 1.807) is 12.3 Å². The Balaban J connectivity index is 1.78. The summed E-state index contributed by atoms with van der Waals surface area (Å²) in [7, 11) is 0. The molecular weight excluding hydrogens is 278 g/mol. The van der Waals surface area contributed by atoms with E-state index in [9.17, 15) is 9.59 Å². The number of benzene rings is 1. The van der Waals surface area contributed by atoms with Gasteiger partial charge in [-0.3, -0.25) is 9.59 Å². The average Bonchev–Trinajstić information content (AvgIpc) is 2.57. The van der Waals surface area contributed by atoms with Crippen LogP contribution in [0.5, 0.6) is 0 Å². The summed E-state index contributed by atoms with van der Waals surface area (Å²) in [5, 5.41) is 0.661. The first-order valence-electron chi connectivity index (χ1n) is 7.77. The third-order valence-corrected chi connectivity index (χ3v) is 4.36. The molecule has 116 valence electrons. The summed E-state index contributed by atoms with van der Waals surface area (Å²) in [6, 6.07) is 8.96. The van der Waals surface area contributed by atoms with Gasteiger partial charge < -0.3 is 14.4 Å². The topological polar surface area (TPSA) is 45.5 Å². The van der Waals surface area contributed by atoms with Gasteiger partial charge in [0.25, 0.3) is 0 Å². The number of hydrogen-bond donors (Lipinski definition) is 0. The van der Waals surface area contributed by atoms with E-state index in [-0.39, 0.29) is 17.9 Å². The first-order chi connectivity index (χ1) is 10.7. The van der Waals surface area contributed by atoms with E-state index in [0.29, 0.717) is 5.39 Å². The second-order valence-electron chi connectivity index (χ2n) is 5.64. The lowest BCUT2D eigenvalue weighted by atomic mass is 10.2. The molecule has 2 aromatic rings. The average molecular weight is 299 g/mol. The molecule has 0 radical (unpaired) electrons. The van der Waals surface area contributed by atoms with Gasteiger partial charge >= 0.3 is 0 Å². The molecule has 22 heavy (non-hydrogen) atoms. The molecule has 0 saturated carbocycles. The molecule has 0 unspecified atom stereocenters. The Bertz CT molecular complexity index is 730. The zero-order valence-corrected chi connectivity index (χ0v) is 12.9. The lowest BCUT2D eigenvalue weighted by Crippen LogP contribution is -2.49. The zero-order chi connectivity index (χ0) is 15.5. The summed E-state index contributed by atoms with van der Waals surface area (Å²) in [6.07, 6.45) is 1.71. The third-order valence-electron chi connectivity index (χ3n) is 4.36. The Morgan fingerprint density at radius 3 is 2.55 bits per heavy atom. The van der Waals surface area contributed by atoms with Gasteiger partial charge in [0.15, 0.2) is 5.43 Å². The van der Waals surface area contributed by atoms with Crippen LogP contribution in [0.1, 0.15) is 6.92 Å². The number of hydrogen-bond acceptors (Lipinski definition) is 3. The van der Waals surface area contributed by atoms with Gasteiger partial charge in [-0.15, -0.1) is 0 Å². The van der Waals surface area contributed by atoms with Gasteiger partial charge in [0.1, 0.15) is 6.54 Å². The first kappa shape index (κ1) is 14.8. The van der Waals surface area contributed by atoms with Gasteiger partial charge in [-0.2, -0.15) is 0 Å². The highest BCUT2D eigenvalue weighted by atomic mass is 16.2. The molecule has 5 nitrogen and oxygen atoms in total. The molecule has 2 heterocycles. The van der Waals surface area contributed by atoms with Crippen molar-refractivity contribution < 1.29 is 4.79 Å². The first-order valence-corrected chi connectivity index (χ1v) is 7.77. The highest BCUT2D eigenvalue weighted by Crippen LogP contribution is 2.10. The Morgan fingerprint density at radius 1 is 1.09 bits per heavy atom. The van der Waals surface area contributed by atoms with Gasteiger partial charge in [-0.25, -0.2) is 0 Å². The Morgan fingerprint density at radius 2 is 1.82 bits per heavy atom. The number of pyridine rings is 1. The molecule has 1 aliphatic rings. The van der Waals surface area contributed by atoms with Gasteiger partial charge in [0.2, 0.25) is 5.91 Å².